The maximum Gasteiger partial charge on any atom is 0.341 e. The van der Waals surface area contributed by atoms with Crippen molar-refractivity contribution in [2.24, 2.45) is 0 Å². The van der Waals surface area contributed by atoms with Gasteiger partial charge in [0.15, 0.2) is 23.3 Å². The molecule has 0 fully saturated rings. The van der Waals surface area contributed by atoms with E-state index in [0.717, 1.165) is 0 Å². The summed E-state index contributed by atoms with van der Waals surface area (Å²) in [4.78, 5) is 23.5. The van der Waals surface area contributed by atoms with Gasteiger partial charge >= 0.3 is 5.97 Å². The van der Waals surface area contributed by atoms with Crippen LogP contribution in [0.3, 0.4) is 0 Å². The van der Waals surface area contributed by atoms with E-state index in [4.69, 9.17) is 5.11 Å². The molecule has 10 heteroatoms. The van der Waals surface area contributed by atoms with Crippen LogP contribution in [0.4, 0.5) is 22.0 Å². The number of carbonyl (C=O) groups is 2. The first-order valence-electron chi connectivity index (χ1n) is 7.61. The second kappa shape index (κ2) is 8.07. The van der Waals surface area contributed by atoms with E-state index >= 15 is 0 Å². The summed E-state index contributed by atoms with van der Waals surface area (Å²) in [7, 11) is 0. The molecule has 0 amide bonds. The van der Waals surface area contributed by atoms with Crippen LogP contribution in [-0.4, -0.2) is 22.0 Å². The molecule has 0 saturated heterocycles. The molecule has 0 bridgehead atoms. The number of nitrogens with one attached hydrogen (secondary N) is 1. The first-order chi connectivity index (χ1) is 13.1. The molecule has 148 valence electrons. The van der Waals surface area contributed by atoms with Gasteiger partial charge in [0.25, 0.3) is 0 Å². The summed E-state index contributed by atoms with van der Waals surface area (Å²) in [6.07, 6.45) is 0.555. The maximum absolute atomic E-state index is 13.8. The van der Waals surface area contributed by atoms with Gasteiger partial charge < -0.3 is 15.5 Å². The highest BCUT2D eigenvalue weighted by Gasteiger charge is 2.33. The Morgan fingerprint density at radius 3 is 1.96 bits per heavy atom. The number of aliphatic carboxylic acids is 1. The number of aromatic hydroxyl groups is 1. The van der Waals surface area contributed by atoms with Crippen LogP contribution >= 0.6 is 0 Å². The van der Waals surface area contributed by atoms with E-state index in [9.17, 15) is 36.6 Å². The monoisotopic (exact) mass is 401 g/mol. The third-order valence-corrected chi connectivity index (χ3v) is 3.79. The number of benzene rings is 2. The molecular weight excluding hydrogens is 389 g/mol. The van der Waals surface area contributed by atoms with Crippen molar-refractivity contribution in [1.29, 1.82) is 0 Å². The summed E-state index contributed by atoms with van der Waals surface area (Å²) in [6, 6.07) is 5.15. The number of ketones is 1. The predicted octanol–water partition coefficient (Wildman–Crippen LogP) is 3.59. The third kappa shape index (κ3) is 3.80. The van der Waals surface area contributed by atoms with E-state index in [1.165, 1.54) is 25.1 Å². The fourth-order valence-corrected chi connectivity index (χ4v) is 2.32. The number of carboxylic acids is 1. The zero-order valence-electron chi connectivity index (χ0n) is 14.1. The summed E-state index contributed by atoms with van der Waals surface area (Å²) in [5.41, 5.74) is -2.86. The molecule has 0 heterocycles. The van der Waals surface area contributed by atoms with E-state index < -0.39 is 58.0 Å². The minimum Gasteiger partial charge on any atom is -0.508 e. The fraction of sp³-hybridized carbons (Fsp3) is 0.111. The van der Waals surface area contributed by atoms with E-state index in [1.807, 2.05) is 0 Å². The quantitative estimate of drug-likeness (QED) is 0.131. The van der Waals surface area contributed by atoms with Crippen molar-refractivity contribution >= 4 is 11.8 Å². The molecule has 0 radical (unpaired) electrons. The Balaban J connectivity index is 2.45. The van der Waals surface area contributed by atoms with Gasteiger partial charge in [0, 0.05) is 11.8 Å². The van der Waals surface area contributed by atoms with Crippen molar-refractivity contribution in [3.05, 3.63) is 76.3 Å². The van der Waals surface area contributed by atoms with E-state index in [1.54, 1.807) is 6.07 Å². The van der Waals surface area contributed by atoms with Gasteiger partial charge in [-0.1, -0.05) is 18.2 Å². The van der Waals surface area contributed by atoms with Gasteiger partial charge in [-0.3, -0.25) is 4.79 Å². The molecule has 2 aromatic rings. The van der Waals surface area contributed by atoms with Crippen molar-refractivity contribution in [2.75, 3.05) is 0 Å². The lowest BCUT2D eigenvalue weighted by molar-refractivity contribution is -0.132. The van der Waals surface area contributed by atoms with E-state index in [-0.39, 0.29) is 5.75 Å². The lowest BCUT2D eigenvalue weighted by Gasteiger charge is -2.15. The molecule has 1 atom stereocenters. The molecule has 0 saturated carbocycles. The van der Waals surface area contributed by atoms with E-state index in [2.05, 4.69) is 5.32 Å². The number of rotatable bonds is 6. The third-order valence-electron chi connectivity index (χ3n) is 3.79. The van der Waals surface area contributed by atoms with Crippen LogP contribution in [0, 0.1) is 29.1 Å². The zero-order valence-corrected chi connectivity index (χ0v) is 14.1. The molecule has 0 aliphatic carbocycles. The van der Waals surface area contributed by atoms with Gasteiger partial charge in [0.05, 0.1) is 6.04 Å². The number of halogens is 5. The topological polar surface area (TPSA) is 86.6 Å². The minimum absolute atomic E-state index is 0.154. The standard InChI is InChI=1S/C18H12F5NO4/c1-7(8-4-2-3-5-10(8)25)24-6-9(18(27)28)17(26)11-12(19)14(21)16(23)15(22)13(11)20/h2-7,24-25H,1H3,(H,27,28)/b9-6-/t7-/m0/s1. The molecule has 0 spiro atoms. The Hall–Kier alpha value is -3.43. The van der Waals surface area contributed by atoms with E-state index in [0.29, 0.717) is 11.8 Å². The molecule has 2 aromatic carbocycles. The van der Waals surface area contributed by atoms with Crippen molar-refractivity contribution in [1.82, 2.24) is 5.32 Å². The van der Waals surface area contributed by atoms with Gasteiger partial charge in [0.2, 0.25) is 11.6 Å². The molecule has 0 unspecified atom stereocenters. The van der Waals surface area contributed by atoms with Crippen LogP contribution in [-0.2, 0) is 4.79 Å². The predicted molar refractivity (Wildman–Crippen MR) is 85.9 cm³/mol. The average Bonchev–Trinajstić information content (AvgIpc) is 2.65. The summed E-state index contributed by atoms with van der Waals surface area (Å²) in [6.45, 7) is 1.47. The number of phenols is 1. The Morgan fingerprint density at radius 2 is 1.46 bits per heavy atom. The highest BCUT2D eigenvalue weighted by molar-refractivity contribution is 6.23. The Bertz CT molecular complexity index is 961. The SMILES string of the molecule is C[C@H](N/C=C(\C(=O)O)C(=O)c1c(F)c(F)c(F)c(F)c1F)c1ccccc1O. The smallest absolute Gasteiger partial charge is 0.341 e. The van der Waals surface area contributed by atoms with Crippen molar-refractivity contribution < 1.29 is 41.8 Å². The fourth-order valence-electron chi connectivity index (χ4n) is 2.32. The summed E-state index contributed by atoms with van der Waals surface area (Å²) >= 11 is 0. The molecule has 28 heavy (non-hydrogen) atoms. The minimum atomic E-state index is -2.47. The van der Waals surface area contributed by atoms with Gasteiger partial charge in [-0.05, 0) is 13.0 Å². The zero-order chi connectivity index (χ0) is 21.2. The summed E-state index contributed by atoms with van der Waals surface area (Å²) in [5, 5.41) is 21.3. The number of Topliss-reactive ketones (excluding diaryl/α,β-unsaturated/α-hetero) is 1. The highest BCUT2D eigenvalue weighted by Crippen LogP contribution is 2.26. The first kappa shape index (κ1) is 20.9. The van der Waals surface area contributed by atoms with Crippen molar-refractivity contribution in [2.45, 2.75) is 13.0 Å². The number of para-hydroxylation sites is 1. The molecular formula is C18H12F5NO4. The second-order valence-electron chi connectivity index (χ2n) is 5.58. The first-order valence-corrected chi connectivity index (χ1v) is 7.61. The van der Waals surface area contributed by atoms with Crippen molar-refractivity contribution in [3.8, 4) is 5.75 Å². The van der Waals surface area contributed by atoms with Crippen molar-refractivity contribution in [3.63, 3.8) is 0 Å². The normalized spacial score (nSPS) is 12.6. The maximum atomic E-state index is 13.8. The van der Waals surface area contributed by atoms with Crippen LogP contribution in [0.1, 0.15) is 28.9 Å². The van der Waals surface area contributed by atoms with Crippen LogP contribution < -0.4 is 5.32 Å². The van der Waals surface area contributed by atoms with Gasteiger partial charge in [-0.25, -0.2) is 26.7 Å². The molecule has 0 aromatic heterocycles. The highest BCUT2D eigenvalue weighted by atomic mass is 19.2. The molecule has 5 nitrogen and oxygen atoms in total. The summed E-state index contributed by atoms with van der Waals surface area (Å²) in [5.74, 6) is -16.1. The Kier molecular flexibility index (Phi) is 6.02. The summed E-state index contributed by atoms with van der Waals surface area (Å²) < 4.78 is 67.2. The average molecular weight is 401 g/mol. The number of phenolic OH excluding ortho intramolecular Hbond substituents is 1. The number of hydrogen-bond donors (Lipinski definition) is 3. The number of carbonyl (C=O) groups excluding carboxylic acids is 1. The number of carboxylic acid groups (broad SMARTS) is 1. The lowest BCUT2D eigenvalue weighted by atomic mass is 10.0. The Labute approximate surface area is 154 Å². The molecule has 0 aliphatic heterocycles. The molecule has 0 aliphatic rings. The van der Waals surface area contributed by atoms with Crippen LogP contribution in [0.2, 0.25) is 0 Å². The van der Waals surface area contributed by atoms with Crippen LogP contribution in [0.15, 0.2) is 36.0 Å². The van der Waals surface area contributed by atoms with Crippen LogP contribution in [0.25, 0.3) is 0 Å². The number of hydrogen-bond acceptors (Lipinski definition) is 4. The van der Waals surface area contributed by atoms with Crippen LogP contribution in [0.5, 0.6) is 5.75 Å². The largest absolute Gasteiger partial charge is 0.508 e. The Morgan fingerprint density at radius 1 is 0.964 bits per heavy atom. The molecule has 2 rings (SSSR count). The second-order valence-corrected chi connectivity index (χ2v) is 5.58. The van der Waals surface area contributed by atoms with Gasteiger partial charge in [-0.15, -0.1) is 0 Å². The van der Waals surface area contributed by atoms with Gasteiger partial charge in [-0.2, -0.15) is 0 Å². The molecule has 3 N–H and O–H groups in total. The lowest BCUT2D eigenvalue weighted by Crippen LogP contribution is -2.22. The van der Waals surface area contributed by atoms with Gasteiger partial charge in [0.1, 0.15) is 16.9 Å².